The molecule has 126 valence electrons. The van der Waals surface area contributed by atoms with E-state index in [-0.39, 0.29) is 31.4 Å². The molecule has 1 amide bonds. The Hall–Kier alpha value is -2.08. The molecule has 1 N–H and O–H groups in total. The minimum atomic E-state index is -0.910. The first-order valence-corrected chi connectivity index (χ1v) is 7.83. The summed E-state index contributed by atoms with van der Waals surface area (Å²) in [7, 11) is 1.57. The van der Waals surface area contributed by atoms with Gasteiger partial charge in [0.1, 0.15) is 5.75 Å². The molecule has 23 heavy (non-hydrogen) atoms. The van der Waals surface area contributed by atoms with Crippen molar-refractivity contribution in [1.29, 1.82) is 0 Å². The molecule has 0 aromatic heterocycles. The molecule has 1 heterocycles. The fraction of sp³-hybridized carbons (Fsp3) is 0.529. The number of hydrogen-bond acceptors (Lipinski definition) is 4. The zero-order chi connectivity index (χ0) is 16.7. The maximum absolute atomic E-state index is 12.6. The number of amides is 1. The highest BCUT2D eigenvalue weighted by molar-refractivity contribution is 5.80. The van der Waals surface area contributed by atoms with Crippen molar-refractivity contribution in [2.24, 2.45) is 0 Å². The predicted molar refractivity (Wildman–Crippen MR) is 84.5 cm³/mol. The van der Waals surface area contributed by atoms with Crippen molar-refractivity contribution in [3.05, 3.63) is 29.8 Å². The minimum Gasteiger partial charge on any atom is -0.496 e. The third kappa shape index (κ3) is 5.25. The summed E-state index contributed by atoms with van der Waals surface area (Å²) >= 11 is 0. The van der Waals surface area contributed by atoms with E-state index in [1.54, 1.807) is 12.0 Å². The number of para-hydroxylation sites is 1. The maximum atomic E-state index is 12.6. The van der Waals surface area contributed by atoms with Crippen LogP contribution in [0.25, 0.3) is 0 Å². The molecule has 6 nitrogen and oxygen atoms in total. The molecule has 2 rings (SSSR count). The Balaban J connectivity index is 2.03. The van der Waals surface area contributed by atoms with E-state index in [0.29, 0.717) is 18.9 Å². The lowest BCUT2D eigenvalue weighted by atomic mass is 10.1. The quantitative estimate of drug-likeness (QED) is 0.789. The molecule has 0 saturated carbocycles. The topological polar surface area (TPSA) is 76.1 Å². The van der Waals surface area contributed by atoms with Gasteiger partial charge in [0.2, 0.25) is 5.91 Å². The summed E-state index contributed by atoms with van der Waals surface area (Å²) in [5, 5.41) is 8.89. The second-order valence-corrected chi connectivity index (χ2v) is 5.61. The Morgan fingerprint density at radius 2 is 2.17 bits per heavy atom. The second-order valence-electron chi connectivity index (χ2n) is 5.61. The Bertz CT molecular complexity index is 540. The number of carboxylic acids is 1. The number of hydrogen-bond donors (Lipinski definition) is 1. The average molecular weight is 321 g/mol. The van der Waals surface area contributed by atoms with Gasteiger partial charge in [-0.3, -0.25) is 9.59 Å². The lowest BCUT2D eigenvalue weighted by Gasteiger charge is -2.25. The van der Waals surface area contributed by atoms with Crippen LogP contribution >= 0.6 is 0 Å². The predicted octanol–water partition coefficient (Wildman–Crippen LogP) is 1.72. The van der Waals surface area contributed by atoms with Gasteiger partial charge in [-0.2, -0.15) is 0 Å². The number of carbonyl (C=O) groups is 2. The summed E-state index contributed by atoms with van der Waals surface area (Å²) in [6.45, 7) is 1.35. The summed E-state index contributed by atoms with van der Waals surface area (Å²) in [6.07, 6.45) is 2.02. The van der Waals surface area contributed by atoms with Crippen molar-refractivity contribution in [3.8, 4) is 5.75 Å². The monoisotopic (exact) mass is 321 g/mol. The van der Waals surface area contributed by atoms with Gasteiger partial charge in [0.05, 0.1) is 26.1 Å². The number of rotatable bonds is 8. The van der Waals surface area contributed by atoms with E-state index in [0.717, 1.165) is 18.4 Å². The van der Waals surface area contributed by atoms with Crippen LogP contribution in [0.15, 0.2) is 24.3 Å². The number of carbonyl (C=O) groups excluding carboxylic acids is 1. The smallest absolute Gasteiger partial charge is 0.305 e. The number of benzene rings is 1. The average Bonchev–Trinajstić information content (AvgIpc) is 3.04. The lowest BCUT2D eigenvalue weighted by molar-refractivity contribution is -0.139. The van der Waals surface area contributed by atoms with Gasteiger partial charge in [-0.05, 0) is 18.9 Å². The molecule has 1 aromatic carbocycles. The first kappa shape index (κ1) is 17.3. The molecule has 1 atom stereocenters. The molecule has 1 aliphatic rings. The third-order valence-corrected chi connectivity index (χ3v) is 3.93. The van der Waals surface area contributed by atoms with Crippen LogP contribution < -0.4 is 4.74 Å². The van der Waals surface area contributed by atoms with Crippen molar-refractivity contribution in [1.82, 2.24) is 4.90 Å². The van der Waals surface area contributed by atoms with Crippen LogP contribution in [0.3, 0.4) is 0 Å². The number of aliphatic carboxylic acids is 1. The summed E-state index contributed by atoms with van der Waals surface area (Å²) in [5.74, 6) is -0.352. The van der Waals surface area contributed by atoms with Crippen LogP contribution in [0.2, 0.25) is 0 Å². The van der Waals surface area contributed by atoms with Gasteiger partial charge in [-0.15, -0.1) is 0 Å². The fourth-order valence-electron chi connectivity index (χ4n) is 2.71. The highest BCUT2D eigenvalue weighted by Gasteiger charge is 2.23. The molecule has 1 aliphatic heterocycles. The summed E-state index contributed by atoms with van der Waals surface area (Å²) in [5.41, 5.74) is 0.799. The number of carboxylic acid groups (broad SMARTS) is 1. The summed E-state index contributed by atoms with van der Waals surface area (Å²) in [4.78, 5) is 25.0. The van der Waals surface area contributed by atoms with Crippen molar-refractivity contribution in [2.45, 2.75) is 31.8 Å². The van der Waals surface area contributed by atoms with E-state index in [2.05, 4.69) is 0 Å². The molecule has 1 unspecified atom stereocenters. The van der Waals surface area contributed by atoms with Crippen molar-refractivity contribution in [3.63, 3.8) is 0 Å². The summed E-state index contributed by atoms with van der Waals surface area (Å²) in [6, 6.07) is 7.36. The maximum Gasteiger partial charge on any atom is 0.305 e. The van der Waals surface area contributed by atoms with E-state index in [9.17, 15) is 9.59 Å². The first-order chi connectivity index (χ1) is 11.1. The minimum absolute atomic E-state index is 0.00501. The zero-order valence-electron chi connectivity index (χ0n) is 13.4. The molecule has 6 heteroatoms. The van der Waals surface area contributed by atoms with Crippen molar-refractivity contribution < 1.29 is 24.2 Å². The molecule has 1 aromatic rings. The number of ether oxygens (including phenoxy) is 2. The lowest BCUT2D eigenvalue weighted by Crippen LogP contribution is -2.39. The molecule has 1 saturated heterocycles. The van der Waals surface area contributed by atoms with Gasteiger partial charge in [0.25, 0.3) is 0 Å². The normalized spacial score (nSPS) is 17.0. The van der Waals surface area contributed by atoms with Crippen LogP contribution in [0.4, 0.5) is 0 Å². The van der Waals surface area contributed by atoms with Crippen molar-refractivity contribution >= 4 is 11.9 Å². The van der Waals surface area contributed by atoms with Crippen LogP contribution in [-0.2, 0) is 20.7 Å². The summed E-state index contributed by atoms with van der Waals surface area (Å²) < 4.78 is 10.8. The molecule has 0 aliphatic carbocycles. The Kier molecular flexibility index (Phi) is 6.40. The van der Waals surface area contributed by atoms with E-state index in [4.69, 9.17) is 14.6 Å². The number of nitrogens with zero attached hydrogens (tertiary/aromatic N) is 1. The van der Waals surface area contributed by atoms with Gasteiger partial charge >= 0.3 is 5.97 Å². The van der Waals surface area contributed by atoms with E-state index in [1.165, 1.54) is 0 Å². The first-order valence-electron chi connectivity index (χ1n) is 7.83. The van der Waals surface area contributed by atoms with E-state index >= 15 is 0 Å². The number of methoxy groups -OCH3 is 1. The Morgan fingerprint density at radius 3 is 2.83 bits per heavy atom. The Labute approximate surface area is 136 Å². The molecular formula is C17H23NO5. The molecule has 0 bridgehead atoms. The van der Waals surface area contributed by atoms with E-state index < -0.39 is 5.97 Å². The van der Waals surface area contributed by atoms with Crippen LogP contribution in [0.1, 0.15) is 24.8 Å². The SMILES string of the molecule is COc1ccccc1CC(=O)N(CCC(=O)O)CC1CCCO1. The fourth-order valence-corrected chi connectivity index (χ4v) is 2.71. The third-order valence-electron chi connectivity index (χ3n) is 3.93. The molecule has 0 spiro atoms. The second kappa shape index (κ2) is 8.53. The van der Waals surface area contributed by atoms with Gasteiger partial charge in [0, 0.05) is 25.3 Å². The van der Waals surface area contributed by atoms with Crippen molar-refractivity contribution in [2.75, 3.05) is 26.8 Å². The van der Waals surface area contributed by atoms with E-state index in [1.807, 2.05) is 24.3 Å². The highest BCUT2D eigenvalue weighted by Crippen LogP contribution is 2.20. The Morgan fingerprint density at radius 1 is 1.39 bits per heavy atom. The van der Waals surface area contributed by atoms with Crippen LogP contribution in [-0.4, -0.2) is 54.8 Å². The zero-order valence-corrected chi connectivity index (χ0v) is 13.4. The van der Waals surface area contributed by atoms with Gasteiger partial charge in [0.15, 0.2) is 0 Å². The van der Waals surface area contributed by atoms with Crippen LogP contribution in [0, 0.1) is 0 Å². The van der Waals surface area contributed by atoms with Gasteiger partial charge < -0.3 is 19.5 Å². The van der Waals surface area contributed by atoms with Gasteiger partial charge in [-0.1, -0.05) is 18.2 Å². The molecule has 0 radical (unpaired) electrons. The van der Waals surface area contributed by atoms with Crippen LogP contribution in [0.5, 0.6) is 5.75 Å². The molecular weight excluding hydrogens is 298 g/mol. The standard InChI is InChI=1S/C17H23NO5/c1-22-15-7-3-2-5-13(15)11-16(19)18(9-8-17(20)21)12-14-6-4-10-23-14/h2-3,5,7,14H,4,6,8-12H2,1H3,(H,20,21). The largest absolute Gasteiger partial charge is 0.496 e. The molecule has 1 fully saturated rings. The highest BCUT2D eigenvalue weighted by atomic mass is 16.5. The van der Waals surface area contributed by atoms with Gasteiger partial charge in [-0.25, -0.2) is 0 Å².